The third-order valence-electron chi connectivity index (χ3n) is 2.87. The first-order valence-corrected chi connectivity index (χ1v) is 8.20. The molecular formula is C13H21NO6S. The van der Waals surface area contributed by atoms with Gasteiger partial charge in [-0.2, -0.15) is 0 Å². The highest BCUT2D eigenvalue weighted by molar-refractivity contribution is 7.89. The van der Waals surface area contributed by atoms with Gasteiger partial charge in [-0.25, -0.2) is 17.9 Å². The lowest BCUT2D eigenvalue weighted by atomic mass is 10.2. The number of carbonyl (C=O) groups is 1. The molecule has 8 heteroatoms. The molecule has 120 valence electrons. The van der Waals surface area contributed by atoms with E-state index in [0.717, 1.165) is 12.8 Å². The number of carboxylic acid groups (broad SMARTS) is 1. The third kappa shape index (κ3) is 4.55. The molecule has 0 aliphatic rings. The number of rotatable bonds is 9. The van der Waals surface area contributed by atoms with Gasteiger partial charge in [0.05, 0.1) is 6.61 Å². The highest BCUT2D eigenvalue weighted by Gasteiger charge is 2.30. The quantitative estimate of drug-likeness (QED) is 0.671. The van der Waals surface area contributed by atoms with Crippen molar-refractivity contribution in [3.05, 3.63) is 17.1 Å². The van der Waals surface area contributed by atoms with Crippen molar-refractivity contribution < 1.29 is 27.5 Å². The van der Waals surface area contributed by atoms with Gasteiger partial charge in [-0.15, -0.1) is 0 Å². The van der Waals surface area contributed by atoms with E-state index in [1.807, 2.05) is 6.92 Å². The number of aromatic carboxylic acids is 1. The summed E-state index contributed by atoms with van der Waals surface area (Å²) in [5, 5.41) is 9.11. The van der Waals surface area contributed by atoms with Gasteiger partial charge in [0.25, 0.3) is 0 Å². The van der Waals surface area contributed by atoms with Crippen LogP contribution in [0.25, 0.3) is 0 Å². The number of sulfonamides is 1. The minimum Gasteiger partial charge on any atom is -0.478 e. The van der Waals surface area contributed by atoms with Crippen molar-refractivity contribution in [1.29, 1.82) is 0 Å². The molecule has 0 radical (unpaired) electrons. The minimum absolute atomic E-state index is 0.0595. The van der Waals surface area contributed by atoms with Crippen molar-refractivity contribution in [2.24, 2.45) is 0 Å². The van der Waals surface area contributed by atoms with Crippen LogP contribution in [0.4, 0.5) is 0 Å². The number of furan rings is 1. The fourth-order valence-electron chi connectivity index (χ4n) is 1.90. The fourth-order valence-corrected chi connectivity index (χ4v) is 3.32. The van der Waals surface area contributed by atoms with Crippen LogP contribution < -0.4 is 4.72 Å². The fraction of sp³-hybridized carbons (Fsp3) is 0.615. The summed E-state index contributed by atoms with van der Waals surface area (Å²) in [6, 6.07) is 0. The Kier molecular flexibility index (Phi) is 6.38. The number of ether oxygens (including phenoxy) is 1. The number of hydrogen-bond acceptors (Lipinski definition) is 5. The maximum Gasteiger partial charge on any atom is 0.340 e. The normalized spacial score (nSPS) is 11.8. The zero-order chi connectivity index (χ0) is 16.0. The molecule has 0 amide bonds. The van der Waals surface area contributed by atoms with Crippen molar-refractivity contribution in [2.45, 2.75) is 38.5 Å². The average molecular weight is 319 g/mol. The highest BCUT2D eigenvalue weighted by Crippen LogP contribution is 2.26. The average Bonchev–Trinajstić information content (AvgIpc) is 2.69. The molecule has 1 aromatic rings. The number of carboxylic acids is 1. The number of unbranched alkanes of at least 4 members (excludes halogenated alkanes) is 1. The third-order valence-corrected chi connectivity index (χ3v) is 4.48. The number of hydrogen-bond donors (Lipinski definition) is 2. The predicted molar refractivity (Wildman–Crippen MR) is 76.1 cm³/mol. The van der Waals surface area contributed by atoms with Crippen LogP contribution in [0.15, 0.2) is 9.31 Å². The Hall–Kier alpha value is -1.38. The van der Waals surface area contributed by atoms with Crippen LogP contribution in [0.3, 0.4) is 0 Å². The molecule has 1 heterocycles. The Bertz CT molecular complexity index is 590. The second-order valence-corrected chi connectivity index (χ2v) is 6.29. The molecular weight excluding hydrogens is 298 g/mol. The lowest BCUT2D eigenvalue weighted by molar-refractivity contribution is 0.0691. The summed E-state index contributed by atoms with van der Waals surface area (Å²) in [6.07, 6.45) is 1.91. The second-order valence-electron chi connectivity index (χ2n) is 4.59. The molecule has 7 nitrogen and oxygen atoms in total. The van der Waals surface area contributed by atoms with E-state index in [-0.39, 0.29) is 35.1 Å². The maximum atomic E-state index is 12.2. The van der Waals surface area contributed by atoms with Gasteiger partial charge in [0.2, 0.25) is 10.0 Å². The summed E-state index contributed by atoms with van der Waals surface area (Å²) in [5.74, 6) is -1.20. The van der Waals surface area contributed by atoms with Crippen LogP contribution >= 0.6 is 0 Å². The molecule has 0 spiro atoms. The van der Waals surface area contributed by atoms with E-state index in [9.17, 15) is 13.2 Å². The van der Waals surface area contributed by atoms with Gasteiger partial charge in [-0.3, -0.25) is 0 Å². The molecule has 0 saturated heterocycles. The topological polar surface area (TPSA) is 106 Å². The summed E-state index contributed by atoms with van der Waals surface area (Å²) in [4.78, 5) is 10.9. The molecule has 0 unspecified atom stereocenters. The van der Waals surface area contributed by atoms with Crippen LogP contribution in [0.1, 0.15) is 41.6 Å². The lowest BCUT2D eigenvalue weighted by Gasteiger charge is -2.07. The number of aryl methyl sites for hydroxylation is 2. The van der Waals surface area contributed by atoms with E-state index in [4.69, 9.17) is 14.3 Å². The predicted octanol–water partition coefficient (Wildman–Crippen LogP) is 1.69. The Morgan fingerprint density at radius 2 is 1.95 bits per heavy atom. The first-order valence-electron chi connectivity index (χ1n) is 6.72. The molecule has 0 fully saturated rings. The van der Waals surface area contributed by atoms with Gasteiger partial charge in [-0.1, -0.05) is 13.3 Å². The van der Waals surface area contributed by atoms with Crippen LogP contribution in [0.2, 0.25) is 0 Å². The zero-order valence-corrected chi connectivity index (χ0v) is 13.2. The Balaban J connectivity index is 2.77. The van der Waals surface area contributed by atoms with E-state index >= 15 is 0 Å². The van der Waals surface area contributed by atoms with Gasteiger partial charge >= 0.3 is 5.97 Å². The van der Waals surface area contributed by atoms with Crippen molar-refractivity contribution in [3.8, 4) is 0 Å². The summed E-state index contributed by atoms with van der Waals surface area (Å²) < 4.78 is 37.1. The maximum absolute atomic E-state index is 12.2. The first-order chi connectivity index (χ1) is 9.81. The van der Waals surface area contributed by atoms with Crippen LogP contribution in [0, 0.1) is 13.8 Å². The summed E-state index contributed by atoms with van der Waals surface area (Å²) in [5.41, 5.74) is -0.327. The van der Waals surface area contributed by atoms with Crippen molar-refractivity contribution >= 4 is 16.0 Å². The van der Waals surface area contributed by atoms with E-state index in [1.54, 1.807) is 0 Å². The summed E-state index contributed by atoms with van der Waals surface area (Å²) in [6.45, 7) is 5.76. The van der Waals surface area contributed by atoms with Gasteiger partial charge in [0.15, 0.2) is 0 Å². The Labute approximate surface area is 124 Å². The van der Waals surface area contributed by atoms with Gasteiger partial charge in [-0.05, 0) is 20.3 Å². The molecule has 0 aliphatic carbocycles. The number of nitrogens with one attached hydrogen (secondary N) is 1. The minimum atomic E-state index is -3.94. The van der Waals surface area contributed by atoms with E-state index < -0.39 is 16.0 Å². The first kappa shape index (κ1) is 17.7. The summed E-state index contributed by atoms with van der Waals surface area (Å²) in [7, 11) is -3.94. The molecule has 2 N–H and O–H groups in total. The summed E-state index contributed by atoms with van der Waals surface area (Å²) >= 11 is 0. The van der Waals surface area contributed by atoms with Crippen LogP contribution in [0.5, 0.6) is 0 Å². The zero-order valence-electron chi connectivity index (χ0n) is 12.4. The monoisotopic (exact) mass is 319 g/mol. The Morgan fingerprint density at radius 3 is 2.52 bits per heavy atom. The van der Waals surface area contributed by atoms with Gasteiger partial charge < -0.3 is 14.3 Å². The van der Waals surface area contributed by atoms with Crippen molar-refractivity contribution in [2.75, 3.05) is 19.8 Å². The van der Waals surface area contributed by atoms with Crippen molar-refractivity contribution in [1.82, 2.24) is 4.72 Å². The SMILES string of the molecule is CCCCOCCNS(=O)(=O)c1c(C)oc(C)c1C(=O)O. The van der Waals surface area contributed by atoms with E-state index in [1.165, 1.54) is 13.8 Å². The van der Waals surface area contributed by atoms with E-state index in [2.05, 4.69) is 4.72 Å². The molecule has 21 heavy (non-hydrogen) atoms. The Morgan fingerprint density at radius 1 is 1.29 bits per heavy atom. The van der Waals surface area contributed by atoms with Crippen molar-refractivity contribution in [3.63, 3.8) is 0 Å². The smallest absolute Gasteiger partial charge is 0.340 e. The van der Waals surface area contributed by atoms with Gasteiger partial charge in [0.1, 0.15) is 22.0 Å². The second kappa shape index (κ2) is 7.58. The van der Waals surface area contributed by atoms with Gasteiger partial charge in [0, 0.05) is 13.2 Å². The lowest BCUT2D eigenvalue weighted by Crippen LogP contribution is -2.29. The molecule has 0 atom stereocenters. The standard InChI is InChI=1S/C13H21NO6S/c1-4-5-7-19-8-6-14-21(17,18)12-10(3)20-9(2)11(12)13(15)16/h14H,4-8H2,1-3H3,(H,15,16). The largest absolute Gasteiger partial charge is 0.478 e. The molecule has 1 aromatic heterocycles. The molecule has 0 aliphatic heterocycles. The molecule has 0 saturated carbocycles. The van der Waals surface area contributed by atoms with Crippen LogP contribution in [-0.4, -0.2) is 39.3 Å². The van der Waals surface area contributed by atoms with E-state index in [0.29, 0.717) is 6.61 Å². The molecule has 0 bridgehead atoms. The molecule has 1 rings (SSSR count). The molecule has 0 aromatic carbocycles. The van der Waals surface area contributed by atoms with Crippen LogP contribution in [-0.2, 0) is 14.8 Å². The highest BCUT2D eigenvalue weighted by atomic mass is 32.2.